The minimum absolute atomic E-state index is 0.0131. The predicted molar refractivity (Wildman–Crippen MR) is 180 cm³/mol. The smallest absolute Gasteiger partial charge is 0.419 e. The van der Waals surface area contributed by atoms with Crippen LogP contribution in [0, 0.1) is 11.8 Å². The molecule has 4 atom stereocenters. The quantitative estimate of drug-likeness (QED) is 0.0471. The lowest BCUT2D eigenvalue weighted by Crippen LogP contribution is -2.37. The van der Waals surface area contributed by atoms with Crippen LogP contribution in [0.15, 0.2) is 24.3 Å². The Kier molecular flexibility index (Phi) is 14.2. The molecule has 1 aliphatic rings. The van der Waals surface area contributed by atoms with Crippen molar-refractivity contribution in [2.45, 2.75) is 76.8 Å². The van der Waals surface area contributed by atoms with Gasteiger partial charge in [0.05, 0.1) is 34.3 Å². The molecular weight excluding hydrogens is 734 g/mol. The van der Waals surface area contributed by atoms with E-state index in [9.17, 15) is 55.1 Å². The molecule has 20 heteroatoms. The third-order valence-electron chi connectivity index (χ3n) is 8.53. The number of nitrogens with one attached hydrogen (secondary N) is 2. The van der Waals surface area contributed by atoms with E-state index < -0.39 is 93.5 Å². The predicted octanol–water partition coefficient (Wildman–Crippen LogP) is 3.46. The highest BCUT2D eigenvalue weighted by molar-refractivity contribution is 6.33. The van der Waals surface area contributed by atoms with Crippen LogP contribution in [0.2, 0.25) is 0 Å². The third kappa shape index (κ3) is 10.9. The highest BCUT2D eigenvalue weighted by Crippen LogP contribution is 2.44. The van der Waals surface area contributed by atoms with E-state index >= 15 is 0 Å². The Morgan fingerprint density at radius 3 is 1.26 bits per heavy atom. The first kappa shape index (κ1) is 43.2. The summed E-state index contributed by atoms with van der Waals surface area (Å²) >= 11 is 0. The molecule has 0 radical (unpaired) electrons. The van der Waals surface area contributed by atoms with Crippen molar-refractivity contribution in [2.24, 2.45) is 34.8 Å². The van der Waals surface area contributed by atoms with Gasteiger partial charge in [0.15, 0.2) is 0 Å². The van der Waals surface area contributed by atoms with Crippen molar-refractivity contribution in [3.05, 3.63) is 46.5 Å². The van der Waals surface area contributed by atoms with Crippen LogP contribution in [0.5, 0.6) is 11.5 Å². The number of esters is 2. The van der Waals surface area contributed by atoms with Gasteiger partial charge in [-0.25, -0.2) is 9.59 Å². The van der Waals surface area contributed by atoms with Gasteiger partial charge in [-0.2, -0.15) is 26.3 Å². The van der Waals surface area contributed by atoms with Crippen LogP contribution >= 0.6 is 0 Å². The maximum atomic E-state index is 14.3. The fourth-order valence-electron chi connectivity index (χ4n) is 5.80. The summed E-state index contributed by atoms with van der Waals surface area (Å²) < 4.78 is 88.1. The molecule has 0 bridgehead atoms. The molecule has 2 amide bonds. The van der Waals surface area contributed by atoms with Crippen LogP contribution < -0.4 is 43.0 Å². The summed E-state index contributed by atoms with van der Waals surface area (Å²) in [7, 11) is 0. The first-order valence-electron chi connectivity index (χ1n) is 16.6. The Labute approximate surface area is 304 Å². The molecular formula is C34H40F6N6O8. The van der Waals surface area contributed by atoms with Gasteiger partial charge in [-0.3, -0.25) is 19.2 Å². The molecule has 0 heterocycles. The van der Waals surface area contributed by atoms with Gasteiger partial charge in [0, 0.05) is 24.5 Å². The van der Waals surface area contributed by atoms with E-state index in [0.29, 0.717) is 37.8 Å². The maximum absolute atomic E-state index is 14.3. The third-order valence-corrected chi connectivity index (χ3v) is 8.53. The molecule has 0 aliphatic heterocycles. The Bertz CT molecular complexity index is 1660. The lowest BCUT2D eigenvalue weighted by Gasteiger charge is -2.26. The lowest BCUT2D eigenvalue weighted by molar-refractivity contribution is -0.190. The van der Waals surface area contributed by atoms with Crippen molar-refractivity contribution in [1.82, 2.24) is 0 Å². The molecule has 14 nitrogen and oxygen atoms in total. The van der Waals surface area contributed by atoms with Crippen LogP contribution in [0.4, 0.5) is 37.7 Å². The van der Waals surface area contributed by atoms with E-state index in [1.807, 2.05) is 13.8 Å². The topological polar surface area (TPSA) is 249 Å². The number of ether oxygens (including phenoxy) is 2. The summed E-state index contributed by atoms with van der Waals surface area (Å²) in [6.07, 6.45) is -8.73. The zero-order valence-electron chi connectivity index (χ0n) is 29.1. The summed E-state index contributed by atoms with van der Waals surface area (Å²) in [5.74, 6) is -11.8. The standard InChI is InChI=1S/C34H40F6N6O8/c1-15(13-17(41)29(43)49)5-3-11-45-19-7-8-20(46-12-4-6-16(2)14-18(42)30(44)50)24-23(19)27(47)25-21(53-31(51)33(35,36)37)9-10-22(26(25)28(24)48)54-32(52)34(38,39)40/h7-10,15-18,45-46H,3-6,11-14,41-42H2,1-2H3,(H2,43,49)(H2,44,50). The Morgan fingerprint density at radius 2 is 0.963 bits per heavy atom. The second-order valence-corrected chi connectivity index (χ2v) is 13.0. The number of primary amides is 2. The van der Waals surface area contributed by atoms with Gasteiger partial charge in [-0.05, 0) is 74.6 Å². The van der Waals surface area contributed by atoms with E-state index in [-0.39, 0.29) is 49.1 Å². The second-order valence-electron chi connectivity index (χ2n) is 13.0. The number of fused-ring (bicyclic) bond motifs is 2. The number of anilines is 2. The fourth-order valence-corrected chi connectivity index (χ4v) is 5.80. The molecule has 0 saturated carbocycles. The van der Waals surface area contributed by atoms with Crippen LogP contribution in [0.1, 0.15) is 84.2 Å². The van der Waals surface area contributed by atoms with E-state index in [0.717, 1.165) is 0 Å². The van der Waals surface area contributed by atoms with Crippen molar-refractivity contribution >= 4 is 46.7 Å². The number of alkyl halides is 6. The van der Waals surface area contributed by atoms with Crippen molar-refractivity contribution in [1.29, 1.82) is 0 Å². The normalized spacial score (nSPS) is 14.9. The Balaban J connectivity index is 2.07. The zero-order chi connectivity index (χ0) is 40.7. The molecule has 10 N–H and O–H groups in total. The van der Waals surface area contributed by atoms with E-state index in [2.05, 4.69) is 20.1 Å². The van der Waals surface area contributed by atoms with Crippen LogP contribution in [0.25, 0.3) is 0 Å². The van der Waals surface area contributed by atoms with Crippen LogP contribution in [-0.4, -0.2) is 72.8 Å². The maximum Gasteiger partial charge on any atom is 0.491 e. The fraction of sp³-hybridized carbons (Fsp3) is 0.471. The average molecular weight is 775 g/mol. The van der Waals surface area contributed by atoms with Gasteiger partial charge in [0.1, 0.15) is 11.5 Å². The summed E-state index contributed by atoms with van der Waals surface area (Å²) in [5, 5.41) is 5.96. The van der Waals surface area contributed by atoms with Crippen LogP contribution in [-0.2, 0) is 19.2 Å². The molecule has 0 fully saturated rings. The molecule has 4 unspecified atom stereocenters. The van der Waals surface area contributed by atoms with Crippen molar-refractivity contribution in [3.63, 3.8) is 0 Å². The van der Waals surface area contributed by atoms with Gasteiger partial charge >= 0.3 is 24.3 Å². The first-order chi connectivity index (χ1) is 25.0. The largest absolute Gasteiger partial charge is 0.491 e. The van der Waals surface area contributed by atoms with E-state index in [4.69, 9.17) is 22.9 Å². The average Bonchev–Trinajstić information content (AvgIpc) is 3.06. The summed E-state index contributed by atoms with van der Waals surface area (Å²) in [5.41, 5.74) is 18.9. The molecule has 54 heavy (non-hydrogen) atoms. The number of ketones is 2. The molecule has 2 aromatic rings. The number of halogens is 6. The summed E-state index contributed by atoms with van der Waals surface area (Å²) in [6, 6.07) is 2.01. The Morgan fingerprint density at radius 1 is 0.630 bits per heavy atom. The number of hydrogen-bond acceptors (Lipinski definition) is 12. The lowest BCUT2D eigenvalue weighted by atomic mass is 9.81. The number of carbonyl (C=O) groups excluding carboxylic acids is 6. The zero-order valence-corrected chi connectivity index (χ0v) is 29.1. The number of carbonyl (C=O) groups is 6. The molecule has 1 aliphatic carbocycles. The van der Waals surface area contributed by atoms with Crippen molar-refractivity contribution in [3.8, 4) is 11.5 Å². The number of hydrogen-bond donors (Lipinski definition) is 6. The first-order valence-corrected chi connectivity index (χ1v) is 16.6. The number of benzene rings is 2. The molecule has 0 saturated heterocycles. The highest BCUT2D eigenvalue weighted by Gasteiger charge is 2.46. The van der Waals surface area contributed by atoms with Gasteiger partial charge in [-0.1, -0.05) is 13.8 Å². The van der Waals surface area contributed by atoms with Gasteiger partial charge in [0.2, 0.25) is 23.4 Å². The second kappa shape index (κ2) is 17.7. The van der Waals surface area contributed by atoms with Crippen molar-refractivity contribution < 1.29 is 64.6 Å². The molecule has 3 rings (SSSR count). The van der Waals surface area contributed by atoms with E-state index in [1.54, 1.807) is 0 Å². The number of nitrogens with two attached hydrogens (primary N) is 4. The van der Waals surface area contributed by atoms with Crippen LogP contribution in [0.3, 0.4) is 0 Å². The Hall–Kier alpha value is -5.24. The molecule has 0 spiro atoms. The summed E-state index contributed by atoms with van der Waals surface area (Å²) in [4.78, 5) is 74.8. The minimum atomic E-state index is -5.58. The van der Waals surface area contributed by atoms with Gasteiger partial charge in [0.25, 0.3) is 0 Å². The monoisotopic (exact) mass is 774 g/mol. The minimum Gasteiger partial charge on any atom is -0.419 e. The summed E-state index contributed by atoms with van der Waals surface area (Å²) in [6.45, 7) is 3.94. The molecule has 296 valence electrons. The van der Waals surface area contributed by atoms with Gasteiger partial charge in [-0.15, -0.1) is 0 Å². The van der Waals surface area contributed by atoms with Crippen molar-refractivity contribution in [2.75, 3.05) is 23.7 Å². The van der Waals surface area contributed by atoms with E-state index in [1.165, 1.54) is 12.1 Å². The molecule has 0 aromatic heterocycles. The highest BCUT2D eigenvalue weighted by atomic mass is 19.4. The number of rotatable bonds is 18. The molecule has 2 aromatic carbocycles. The SMILES string of the molecule is CC(CCCNc1ccc(NCCCC(C)CC(N)C(N)=O)c2c1C(=O)c1c(OC(=O)C(F)(F)F)ccc(OC(=O)C(F)(F)F)c1C2=O)CC(N)C(N)=O. The van der Waals surface area contributed by atoms with Gasteiger partial charge < -0.3 is 43.0 Å². The number of amides is 2.